The molecular weight excluding hydrogens is 406 g/mol. The SMILES string of the molecule is CCOc1ccc(C2=C(Nc3ccc(N(CC)CC)cc3)C(=O)N(CCOC)C2=O)cc1. The number of hydrogen-bond acceptors (Lipinski definition) is 6. The van der Waals surface area contributed by atoms with Gasteiger partial charge in [-0.05, 0) is 62.7 Å². The van der Waals surface area contributed by atoms with Crippen molar-refractivity contribution in [2.45, 2.75) is 20.8 Å². The normalized spacial score (nSPS) is 13.7. The van der Waals surface area contributed by atoms with Crippen molar-refractivity contribution in [2.75, 3.05) is 50.2 Å². The van der Waals surface area contributed by atoms with Gasteiger partial charge in [-0.1, -0.05) is 12.1 Å². The molecule has 0 aliphatic carbocycles. The van der Waals surface area contributed by atoms with E-state index in [0.717, 1.165) is 24.5 Å². The van der Waals surface area contributed by atoms with Gasteiger partial charge in [-0.15, -0.1) is 0 Å². The van der Waals surface area contributed by atoms with Gasteiger partial charge in [0, 0.05) is 31.6 Å². The molecule has 1 N–H and O–H groups in total. The van der Waals surface area contributed by atoms with Crippen LogP contribution in [0.25, 0.3) is 5.57 Å². The van der Waals surface area contributed by atoms with Gasteiger partial charge in [-0.25, -0.2) is 0 Å². The van der Waals surface area contributed by atoms with E-state index >= 15 is 0 Å². The van der Waals surface area contributed by atoms with Crippen LogP contribution in [0.4, 0.5) is 11.4 Å². The zero-order chi connectivity index (χ0) is 23.1. The van der Waals surface area contributed by atoms with Crippen LogP contribution in [0.3, 0.4) is 0 Å². The van der Waals surface area contributed by atoms with E-state index in [4.69, 9.17) is 9.47 Å². The molecule has 0 spiro atoms. The van der Waals surface area contributed by atoms with Gasteiger partial charge in [-0.2, -0.15) is 0 Å². The van der Waals surface area contributed by atoms with Crippen LogP contribution in [0, 0.1) is 0 Å². The minimum atomic E-state index is -0.358. The Hall–Kier alpha value is -3.32. The lowest BCUT2D eigenvalue weighted by Gasteiger charge is -2.21. The molecule has 170 valence electrons. The summed E-state index contributed by atoms with van der Waals surface area (Å²) in [4.78, 5) is 29.8. The van der Waals surface area contributed by atoms with E-state index in [1.54, 1.807) is 31.4 Å². The van der Waals surface area contributed by atoms with Crippen LogP contribution in [0.5, 0.6) is 5.75 Å². The molecule has 0 saturated carbocycles. The quantitative estimate of drug-likeness (QED) is 0.540. The van der Waals surface area contributed by atoms with E-state index in [9.17, 15) is 9.59 Å². The van der Waals surface area contributed by atoms with Crippen molar-refractivity contribution in [3.63, 3.8) is 0 Å². The van der Waals surface area contributed by atoms with Crippen LogP contribution in [0.1, 0.15) is 26.3 Å². The standard InChI is InChI=1S/C25H31N3O4/c1-5-27(6-2)20-12-10-19(11-13-20)26-23-22(18-8-14-21(15-9-18)32-7-3)24(29)28(25(23)30)16-17-31-4/h8-15,26H,5-7,16-17H2,1-4H3. The van der Waals surface area contributed by atoms with Gasteiger partial charge in [0.25, 0.3) is 11.8 Å². The summed E-state index contributed by atoms with van der Waals surface area (Å²) >= 11 is 0. The summed E-state index contributed by atoms with van der Waals surface area (Å²) in [5, 5.41) is 3.19. The zero-order valence-electron chi connectivity index (χ0n) is 19.2. The van der Waals surface area contributed by atoms with Crippen LogP contribution in [-0.4, -0.2) is 56.7 Å². The predicted octanol–water partition coefficient (Wildman–Crippen LogP) is 3.77. The highest BCUT2D eigenvalue weighted by molar-refractivity contribution is 6.36. The summed E-state index contributed by atoms with van der Waals surface area (Å²) in [6.07, 6.45) is 0. The number of nitrogens with zero attached hydrogens (tertiary/aromatic N) is 2. The number of rotatable bonds is 11. The van der Waals surface area contributed by atoms with Gasteiger partial charge < -0.3 is 19.7 Å². The Morgan fingerprint density at radius 1 is 0.906 bits per heavy atom. The highest BCUT2D eigenvalue weighted by Gasteiger charge is 2.39. The van der Waals surface area contributed by atoms with Crippen LogP contribution >= 0.6 is 0 Å². The molecule has 0 unspecified atom stereocenters. The molecule has 0 saturated heterocycles. The largest absolute Gasteiger partial charge is 0.494 e. The number of benzene rings is 2. The van der Waals surface area contributed by atoms with Crippen molar-refractivity contribution in [3.05, 3.63) is 59.8 Å². The average molecular weight is 438 g/mol. The third kappa shape index (κ3) is 4.94. The number of anilines is 2. The Kier molecular flexibility index (Phi) is 7.89. The molecule has 1 heterocycles. The fraction of sp³-hybridized carbons (Fsp3) is 0.360. The summed E-state index contributed by atoms with van der Waals surface area (Å²) in [6, 6.07) is 15.1. The minimum Gasteiger partial charge on any atom is -0.494 e. The maximum Gasteiger partial charge on any atom is 0.278 e. The van der Waals surface area contributed by atoms with Crippen molar-refractivity contribution in [1.29, 1.82) is 0 Å². The second-order valence-electron chi connectivity index (χ2n) is 7.31. The number of imide groups is 1. The molecule has 2 aromatic carbocycles. The van der Waals surface area contributed by atoms with Gasteiger partial charge in [0.1, 0.15) is 11.4 Å². The van der Waals surface area contributed by atoms with E-state index in [0.29, 0.717) is 23.5 Å². The van der Waals surface area contributed by atoms with Gasteiger partial charge in [-0.3, -0.25) is 14.5 Å². The molecule has 3 rings (SSSR count). The van der Waals surface area contributed by atoms with Gasteiger partial charge in [0.2, 0.25) is 0 Å². The first kappa shape index (κ1) is 23.3. The van der Waals surface area contributed by atoms with E-state index in [1.165, 1.54) is 4.90 Å². The lowest BCUT2D eigenvalue weighted by molar-refractivity contribution is -0.137. The topological polar surface area (TPSA) is 71.1 Å². The van der Waals surface area contributed by atoms with Crippen molar-refractivity contribution >= 4 is 28.8 Å². The smallest absolute Gasteiger partial charge is 0.278 e. The van der Waals surface area contributed by atoms with Crippen LogP contribution in [0.2, 0.25) is 0 Å². The molecule has 7 nitrogen and oxygen atoms in total. The molecule has 1 aliphatic heterocycles. The Morgan fingerprint density at radius 2 is 1.56 bits per heavy atom. The Bertz CT molecular complexity index is 964. The molecule has 7 heteroatoms. The molecular formula is C25H31N3O4. The van der Waals surface area contributed by atoms with Crippen LogP contribution in [0.15, 0.2) is 54.2 Å². The minimum absolute atomic E-state index is 0.195. The third-order valence-corrected chi connectivity index (χ3v) is 5.41. The Morgan fingerprint density at radius 3 is 2.12 bits per heavy atom. The van der Waals surface area contributed by atoms with Crippen molar-refractivity contribution < 1.29 is 19.1 Å². The lowest BCUT2D eigenvalue weighted by Crippen LogP contribution is -2.35. The number of hydrogen-bond donors (Lipinski definition) is 1. The molecule has 0 fully saturated rings. The average Bonchev–Trinajstić information content (AvgIpc) is 3.04. The van der Waals surface area contributed by atoms with Crippen molar-refractivity contribution in [3.8, 4) is 5.75 Å². The molecule has 32 heavy (non-hydrogen) atoms. The van der Waals surface area contributed by atoms with Crippen molar-refractivity contribution in [1.82, 2.24) is 4.90 Å². The van der Waals surface area contributed by atoms with Crippen LogP contribution < -0.4 is 15.0 Å². The number of carbonyl (C=O) groups is 2. The van der Waals surface area contributed by atoms with Gasteiger partial charge >= 0.3 is 0 Å². The highest BCUT2D eigenvalue weighted by atomic mass is 16.5. The van der Waals surface area contributed by atoms with Crippen molar-refractivity contribution in [2.24, 2.45) is 0 Å². The fourth-order valence-electron chi connectivity index (χ4n) is 3.72. The Labute approximate surface area is 189 Å². The maximum absolute atomic E-state index is 13.2. The van der Waals surface area contributed by atoms with E-state index in [-0.39, 0.29) is 30.7 Å². The molecule has 0 atom stereocenters. The molecule has 0 aromatic heterocycles. The molecule has 2 aromatic rings. The molecule has 2 amide bonds. The monoisotopic (exact) mass is 437 g/mol. The molecule has 0 bridgehead atoms. The van der Waals surface area contributed by atoms with E-state index in [1.807, 2.05) is 31.2 Å². The summed E-state index contributed by atoms with van der Waals surface area (Å²) < 4.78 is 10.6. The summed E-state index contributed by atoms with van der Waals surface area (Å²) in [7, 11) is 1.54. The van der Waals surface area contributed by atoms with Gasteiger partial charge in [0.05, 0.1) is 25.3 Å². The Balaban J connectivity index is 1.94. The molecule has 1 aliphatic rings. The third-order valence-electron chi connectivity index (χ3n) is 5.41. The predicted molar refractivity (Wildman–Crippen MR) is 127 cm³/mol. The zero-order valence-corrected chi connectivity index (χ0v) is 19.2. The first-order valence-corrected chi connectivity index (χ1v) is 11.0. The van der Waals surface area contributed by atoms with E-state index < -0.39 is 0 Å². The first-order valence-electron chi connectivity index (χ1n) is 11.0. The van der Waals surface area contributed by atoms with Crippen LogP contribution in [-0.2, 0) is 14.3 Å². The fourth-order valence-corrected chi connectivity index (χ4v) is 3.72. The summed E-state index contributed by atoms with van der Waals surface area (Å²) in [5.41, 5.74) is 3.13. The lowest BCUT2D eigenvalue weighted by atomic mass is 10.0. The second-order valence-corrected chi connectivity index (χ2v) is 7.31. The summed E-state index contributed by atoms with van der Waals surface area (Å²) in [5.74, 6) is 0.0218. The number of methoxy groups -OCH3 is 1. The first-order chi connectivity index (χ1) is 15.5. The molecule has 0 radical (unpaired) electrons. The second kappa shape index (κ2) is 10.8. The highest BCUT2D eigenvalue weighted by Crippen LogP contribution is 2.31. The number of amides is 2. The van der Waals surface area contributed by atoms with Gasteiger partial charge in [0.15, 0.2) is 0 Å². The summed E-state index contributed by atoms with van der Waals surface area (Å²) in [6.45, 7) is 9.00. The number of ether oxygens (including phenoxy) is 2. The number of carbonyl (C=O) groups excluding carboxylic acids is 2. The maximum atomic E-state index is 13.2. The van der Waals surface area contributed by atoms with E-state index in [2.05, 4.69) is 24.1 Å². The number of nitrogens with one attached hydrogen (secondary N) is 1.